The summed E-state index contributed by atoms with van der Waals surface area (Å²) in [7, 11) is 3.39. The predicted octanol–water partition coefficient (Wildman–Crippen LogP) is 4.01. The van der Waals surface area contributed by atoms with E-state index in [1.54, 1.807) is 12.1 Å². The largest absolute Gasteiger partial charge is 0.493 e. The number of hydrogen-bond acceptors (Lipinski definition) is 5. The predicted molar refractivity (Wildman–Crippen MR) is 99.8 cm³/mol. The number of benzene rings is 1. The molecule has 1 fully saturated rings. The molecule has 1 saturated carbocycles. The number of ether oxygens (including phenoxy) is 2. The van der Waals surface area contributed by atoms with E-state index in [2.05, 4.69) is 21.1 Å². The number of hydrogen-bond donors (Lipinski definition) is 0. The Morgan fingerprint density at radius 3 is 2.67 bits per heavy atom. The Morgan fingerprint density at radius 1 is 1.33 bits per heavy atom. The summed E-state index contributed by atoms with van der Waals surface area (Å²) in [6.45, 7) is 1.14. The Kier molecular flexibility index (Phi) is 6.11. The maximum Gasteiger partial charge on any atom is 0.387 e. The maximum absolute atomic E-state index is 12.4. The minimum Gasteiger partial charge on any atom is -0.493 e. The molecule has 9 heteroatoms. The van der Waals surface area contributed by atoms with E-state index in [-0.39, 0.29) is 11.5 Å². The number of methoxy groups -OCH3 is 1. The summed E-state index contributed by atoms with van der Waals surface area (Å²) in [6.07, 6.45) is 2.35. The fourth-order valence-electron chi connectivity index (χ4n) is 3.08. The third kappa shape index (κ3) is 4.65. The van der Waals surface area contributed by atoms with Gasteiger partial charge in [-0.25, -0.2) is 4.68 Å². The fourth-order valence-corrected chi connectivity index (χ4v) is 3.41. The molecular weight excluding hydrogens is 374 g/mol. The number of alkyl halides is 2. The van der Waals surface area contributed by atoms with Crippen LogP contribution in [0, 0.1) is 4.77 Å². The zero-order valence-corrected chi connectivity index (χ0v) is 16.5. The lowest BCUT2D eigenvalue weighted by atomic mass is 10.2. The van der Waals surface area contributed by atoms with Crippen LogP contribution >= 0.6 is 12.2 Å². The summed E-state index contributed by atoms with van der Waals surface area (Å²) in [5.41, 5.74) is 0.917. The molecule has 6 nitrogen and oxygen atoms in total. The van der Waals surface area contributed by atoms with E-state index in [1.807, 2.05) is 11.7 Å². The lowest BCUT2D eigenvalue weighted by Gasteiger charge is -2.18. The zero-order valence-electron chi connectivity index (χ0n) is 15.7. The van der Waals surface area contributed by atoms with Gasteiger partial charge in [0.05, 0.1) is 13.8 Å². The van der Waals surface area contributed by atoms with E-state index >= 15 is 0 Å². The molecule has 1 aromatic carbocycles. The van der Waals surface area contributed by atoms with Gasteiger partial charge >= 0.3 is 6.61 Å². The molecule has 0 atom stereocenters. The summed E-state index contributed by atoms with van der Waals surface area (Å²) in [5.74, 6) is 1.91. The molecule has 0 radical (unpaired) electrons. The van der Waals surface area contributed by atoms with Crippen molar-refractivity contribution in [2.75, 3.05) is 14.2 Å². The average molecular weight is 398 g/mol. The zero-order chi connectivity index (χ0) is 19.6. The molecule has 1 aromatic heterocycles. The van der Waals surface area contributed by atoms with Crippen molar-refractivity contribution in [1.29, 1.82) is 0 Å². The second kappa shape index (κ2) is 8.35. The van der Waals surface area contributed by atoms with Gasteiger partial charge in [-0.2, -0.15) is 13.9 Å². The van der Waals surface area contributed by atoms with Crippen LogP contribution in [0.2, 0.25) is 0 Å². The standard InChI is InChI=1S/C18H24F2N4O2S/c1-4-23-16(13-6-7-13)21-24(18(23)27)11-22(2)10-12-5-8-14(26-17(19)20)15(9-12)25-3/h5,8-9,13,17H,4,6-7,10-11H2,1-3H3. The van der Waals surface area contributed by atoms with Gasteiger partial charge in [0, 0.05) is 19.0 Å². The maximum atomic E-state index is 12.4. The highest BCUT2D eigenvalue weighted by Gasteiger charge is 2.29. The Hall–Kier alpha value is -2.00. The second-order valence-electron chi connectivity index (χ2n) is 6.68. The fraction of sp³-hybridized carbons (Fsp3) is 0.556. The average Bonchev–Trinajstić information content (AvgIpc) is 3.41. The van der Waals surface area contributed by atoms with Crippen LogP contribution in [-0.2, 0) is 19.8 Å². The topological polar surface area (TPSA) is 44.5 Å². The van der Waals surface area contributed by atoms with Crippen LogP contribution < -0.4 is 9.47 Å². The molecule has 0 amide bonds. The molecule has 1 heterocycles. The van der Waals surface area contributed by atoms with Crippen molar-refractivity contribution < 1.29 is 18.3 Å². The summed E-state index contributed by atoms with van der Waals surface area (Å²) < 4.78 is 39.2. The van der Waals surface area contributed by atoms with Crippen molar-refractivity contribution in [2.45, 2.75) is 52.1 Å². The number of halogens is 2. The number of nitrogens with zero attached hydrogens (tertiary/aromatic N) is 4. The molecule has 0 spiro atoms. The van der Waals surface area contributed by atoms with E-state index in [0.717, 1.165) is 22.7 Å². The second-order valence-corrected chi connectivity index (χ2v) is 7.04. The van der Waals surface area contributed by atoms with Crippen LogP contribution in [-0.4, -0.2) is 40.0 Å². The summed E-state index contributed by atoms with van der Waals surface area (Å²) in [6, 6.07) is 4.95. The highest BCUT2D eigenvalue weighted by molar-refractivity contribution is 7.71. The van der Waals surface area contributed by atoms with Crippen molar-refractivity contribution in [2.24, 2.45) is 0 Å². The van der Waals surface area contributed by atoms with Gasteiger partial charge in [0.1, 0.15) is 5.82 Å². The van der Waals surface area contributed by atoms with Crippen molar-refractivity contribution in [1.82, 2.24) is 19.2 Å². The van der Waals surface area contributed by atoms with Gasteiger partial charge in [-0.05, 0) is 56.7 Å². The normalized spacial score (nSPS) is 14.2. The van der Waals surface area contributed by atoms with Crippen LogP contribution in [0.4, 0.5) is 8.78 Å². The minimum atomic E-state index is -2.89. The molecule has 0 unspecified atom stereocenters. The first-order chi connectivity index (χ1) is 12.9. The molecule has 0 saturated heterocycles. The van der Waals surface area contributed by atoms with Gasteiger partial charge in [-0.15, -0.1) is 0 Å². The molecule has 3 rings (SSSR count). The third-order valence-corrected chi connectivity index (χ3v) is 4.91. The summed E-state index contributed by atoms with van der Waals surface area (Å²) in [4.78, 5) is 2.06. The van der Waals surface area contributed by atoms with Gasteiger partial charge < -0.3 is 14.0 Å². The first-order valence-electron chi connectivity index (χ1n) is 8.90. The van der Waals surface area contributed by atoms with E-state index in [4.69, 9.17) is 22.1 Å². The van der Waals surface area contributed by atoms with Gasteiger partial charge in [0.25, 0.3) is 0 Å². The molecule has 1 aliphatic rings. The number of aromatic nitrogens is 3. The van der Waals surface area contributed by atoms with Gasteiger partial charge in [-0.1, -0.05) is 6.07 Å². The van der Waals surface area contributed by atoms with Gasteiger partial charge in [-0.3, -0.25) is 4.90 Å². The van der Waals surface area contributed by atoms with E-state index < -0.39 is 6.61 Å². The summed E-state index contributed by atoms with van der Waals surface area (Å²) >= 11 is 5.57. The van der Waals surface area contributed by atoms with Crippen molar-refractivity contribution in [3.63, 3.8) is 0 Å². The molecule has 0 N–H and O–H groups in total. The van der Waals surface area contributed by atoms with Crippen LogP contribution in [0.5, 0.6) is 11.5 Å². The molecule has 0 bridgehead atoms. The Bertz CT molecular complexity index is 848. The first-order valence-corrected chi connectivity index (χ1v) is 9.31. The van der Waals surface area contributed by atoms with Gasteiger partial charge in [0.2, 0.25) is 0 Å². The molecule has 148 valence electrons. The summed E-state index contributed by atoms with van der Waals surface area (Å²) in [5, 5.41) is 4.71. The molecule has 2 aromatic rings. The highest BCUT2D eigenvalue weighted by Crippen LogP contribution is 2.39. The Balaban J connectivity index is 1.71. The number of rotatable bonds is 9. The van der Waals surface area contributed by atoms with E-state index in [9.17, 15) is 8.78 Å². The minimum absolute atomic E-state index is 0.0249. The lowest BCUT2D eigenvalue weighted by molar-refractivity contribution is -0.0512. The monoisotopic (exact) mass is 398 g/mol. The van der Waals surface area contributed by atoms with Crippen LogP contribution in [0.1, 0.15) is 37.1 Å². The van der Waals surface area contributed by atoms with Crippen LogP contribution in [0.3, 0.4) is 0 Å². The quantitative estimate of drug-likeness (QED) is 0.597. The molecule has 1 aliphatic carbocycles. The SMILES string of the molecule is CCn1c(C2CC2)nn(CN(C)Cc2ccc(OC(F)F)c(OC)c2)c1=S. The van der Waals surface area contributed by atoms with Crippen molar-refractivity contribution >= 4 is 12.2 Å². The molecule has 0 aliphatic heterocycles. The Labute approximate surface area is 162 Å². The Morgan fingerprint density at radius 2 is 2.07 bits per heavy atom. The molecular formula is C18H24F2N4O2S. The third-order valence-electron chi connectivity index (χ3n) is 4.48. The van der Waals surface area contributed by atoms with Crippen LogP contribution in [0.25, 0.3) is 0 Å². The lowest BCUT2D eigenvalue weighted by Crippen LogP contribution is -2.22. The van der Waals surface area contributed by atoms with Crippen LogP contribution in [0.15, 0.2) is 18.2 Å². The van der Waals surface area contributed by atoms with E-state index in [0.29, 0.717) is 19.1 Å². The highest BCUT2D eigenvalue weighted by atomic mass is 32.1. The van der Waals surface area contributed by atoms with Crippen molar-refractivity contribution in [3.05, 3.63) is 34.4 Å². The molecule has 27 heavy (non-hydrogen) atoms. The van der Waals surface area contributed by atoms with Gasteiger partial charge in [0.15, 0.2) is 16.3 Å². The first kappa shape index (κ1) is 19.8. The van der Waals surface area contributed by atoms with E-state index in [1.165, 1.54) is 26.0 Å². The van der Waals surface area contributed by atoms with Crippen molar-refractivity contribution in [3.8, 4) is 11.5 Å². The smallest absolute Gasteiger partial charge is 0.387 e.